The van der Waals surface area contributed by atoms with E-state index < -0.39 is 0 Å². The Kier molecular flexibility index (Phi) is 1.57. The fourth-order valence-corrected chi connectivity index (χ4v) is 1.99. The van der Waals surface area contributed by atoms with Crippen molar-refractivity contribution in [2.45, 2.75) is 0 Å². The predicted molar refractivity (Wildman–Crippen MR) is 60.8 cm³/mol. The van der Waals surface area contributed by atoms with Gasteiger partial charge >= 0.3 is 0 Å². The van der Waals surface area contributed by atoms with Gasteiger partial charge in [0, 0.05) is 28.4 Å². The van der Waals surface area contributed by atoms with E-state index in [-0.39, 0.29) is 17.2 Å². The summed E-state index contributed by atoms with van der Waals surface area (Å²) < 4.78 is 0. The normalized spacial score (nSPS) is 11.2. The first kappa shape index (κ1) is 8.91. The second-order valence-electron chi connectivity index (χ2n) is 3.74. The first-order chi connectivity index (χ1) is 7.65. The van der Waals surface area contributed by atoms with Gasteiger partial charge in [-0.1, -0.05) is 0 Å². The lowest BCUT2D eigenvalue weighted by molar-refractivity contribution is 0.455. The van der Waals surface area contributed by atoms with E-state index in [4.69, 9.17) is 0 Å². The van der Waals surface area contributed by atoms with Gasteiger partial charge in [0.1, 0.15) is 17.2 Å². The van der Waals surface area contributed by atoms with Crippen LogP contribution in [0.15, 0.2) is 30.3 Å². The molecule has 0 fully saturated rings. The molecule has 0 amide bonds. The van der Waals surface area contributed by atoms with Crippen molar-refractivity contribution in [3.63, 3.8) is 0 Å². The number of phenols is 3. The third kappa shape index (κ3) is 1.10. The molecule has 0 radical (unpaired) electrons. The number of benzene rings is 2. The highest BCUT2D eigenvalue weighted by Gasteiger charge is 2.10. The Morgan fingerprint density at radius 3 is 2.44 bits per heavy atom. The first-order valence-corrected chi connectivity index (χ1v) is 4.81. The Hall–Kier alpha value is -2.36. The smallest absolute Gasteiger partial charge is 0.129 e. The number of aromatic hydroxyl groups is 3. The van der Waals surface area contributed by atoms with Crippen LogP contribution in [0.2, 0.25) is 0 Å². The largest absolute Gasteiger partial charge is 0.508 e. The summed E-state index contributed by atoms with van der Waals surface area (Å²) in [4.78, 5) is 3.06. The molecule has 2 aromatic carbocycles. The third-order valence-electron chi connectivity index (χ3n) is 2.64. The summed E-state index contributed by atoms with van der Waals surface area (Å²) in [6.07, 6.45) is 0. The fraction of sp³-hybridized carbons (Fsp3) is 0. The third-order valence-corrected chi connectivity index (χ3v) is 2.64. The highest BCUT2D eigenvalue weighted by Crippen LogP contribution is 2.36. The second kappa shape index (κ2) is 2.82. The number of hydrogen-bond acceptors (Lipinski definition) is 3. The molecular formula is C12H9NO3. The zero-order valence-electron chi connectivity index (χ0n) is 8.23. The summed E-state index contributed by atoms with van der Waals surface area (Å²) in [7, 11) is 0. The summed E-state index contributed by atoms with van der Waals surface area (Å²) in [6.45, 7) is 0. The van der Waals surface area contributed by atoms with Crippen LogP contribution in [0.25, 0.3) is 21.8 Å². The van der Waals surface area contributed by atoms with Gasteiger partial charge in [0.25, 0.3) is 0 Å². The van der Waals surface area contributed by atoms with Crippen LogP contribution < -0.4 is 0 Å². The molecule has 0 unspecified atom stereocenters. The molecule has 0 saturated carbocycles. The van der Waals surface area contributed by atoms with E-state index in [1.54, 1.807) is 18.2 Å². The van der Waals surface area contributed by atoms with Crippen LogP contribution in [0, 0.1) is 0 Å². The van der Waals surface area contributed by atoms with E-state index in [9.17, 15) is 15.3 Å². The summed E-state index contributed by atoms with van der Waals surface area (Å²) in [5.74, 6) is 0.133. The number of aromatic amines is 1. The van der Waals surface area contributed by atoms with Gasteiger partial charge in [0.05, 0.1) is 5.52 Å². The molecule has 3 aromatic rings. The van der Waals surface area contributed by atoms with Gasteiger partial charge in [-0.2, -0.15) is 0 Å². The van der Waals surface area contributed by atoms with E-state index >= 15 is 0 Å². The SMILES string of the molecule is Oc1cc(O)c2c(c1)[nH]c1ccc(O)cc12. The maximum Gasteiger partial charge on any atom is 0.129 e. The number of fused-ring (bicyclic) bond motifs is 3. The molecule has 0 aliphatic rings. The minimum Gasteiger partial charge on any atom is -0.508 e. The molecule has 0 saturated heterocycles. The summed E-state index contributed by atoms with van der Waals surface area (Å²) in [5.41, 5.74) is 1.44. The van der Waals surface area contributed by atoms with Gasteiger partial charge in [0.2, 0.25) is 0 Å². The van der Waals surface area contributed by atoms with Crippen LogP contribution in [0.3, 0.4) is 0 Å². The van der Waals surface area contributed by atoms with Gasteiger partial charge in [-0.15, -0.1) is 0 Å². The van der Waals surface area contributed by atoms with Crippen LogP contribution in [0.1, 0.15) is 0 Å². The number of nitrogens with one attached hydrogen (secondary N) is 1. The van der Waals surface area contributed by atoms with E-state index in [0.717, 1.165) is 10.9 Å². The number of H-pyrrole nitrogens is 1. The molecule has 0 aliphatic carbocycles. The molecule has 0 spiro atoms. The van der Waals surface area contributed by atoms with Gasteiger partial charge in [0.15, 0.2) is 0 Å². The fourth-order valence-electron chi connectivity index (χ4n) is 1.99. The minimum absolute atomic E-state index is 0.000720. The lowest BCUT2D eigenvalue weighted by Gasteiger charge is -1.97. The van der Waals surface area contributed by atoms with Crippen molar-refractivity contribution in [2.24, 2.45) is 0 Å². The number of rotatable bonds is 0. The lowest BCUT2D eigenvalue weighted by Crippen LogP contribution is -1.70. The van der Waals surface area contributed by atoms with Crippen molar-refractivity contribution in [2.75, 3.05) is 0 Å². The molecule has 4 heteroatoms. The quantitative estimate of drug-likeness (QED) is 0.465. The standard InChI is InChI=1S/C12H9NO3/c14-6-1-2-9-8(3-6)12-10(13-9)4-7(15)5-11(12)16/h1-5,13-16H. The van der Waals surface area contributed by atoms with Crippen molar-refractivity contribution in [3.8, 4) is 17.2 Å². The number of hydrogen-bond donors (Lipinski definition) is 4. The van der Waals surface area contributed by atoms with E-state index in [1.165, 1.54) is 12.1 Å². The zero-order chi connectivity index (χ0) is 11.3. The van der Waals surface area contributed by atoms with E-state index in [1.807, 2.05) is 0 Å². The van der Waals surface area contributed by atoms with Crippen LogP contribution in [-0.2, 0) is 0 Å². The Balaban J connectivity index is 2.57. The first-order valence-electron chi connectivity index (χ1n) is 4.81. The zero-order valence-corrected chi connectivity index (χ0v) is 8.23. The Morgan fingerprint density at radius 1 is 0.812 bits per heavy atom. The molecule has 0 aliphatic heterocycles. The highest BCUT2D eigenvalue weighted by atomic mass is 16.3. The van der Waals surface area contributed by atoms with Crippen molar-refractivity contribution in [1.29, 1.82) is 0 Å². The molecule has 1 heterocycles. The second-order valence-corrected chi connectivity index (χ2v) is 3.74. The minimum atomic E-state index is -0.00755. The Bertz CT molecular complexity index is 700. The summed E-state index contributed by atoms with van der Waals surface area (Å²) >= 11 is 0. The maximum atomic E-state index is 9.77. The van der Waals surface area contributed by atoms with Crippen LogP contribution >= 0.6 is 0 Å². The number of aromatic nitrogens is 1. The van der Waals surface area contributed by atoms with Crippen molar-refractivity contribution < 1.29 is 15.3 Å². The number of phenolic OH excluding ortho intramolecular Hbond substituents is 3. The topological polar surface area (TPSA) is 76.5 Å². The van der Waals surface area contributed by atoms with Crippen molar-refractivity contribution in [1.82, 2.24) is 4.98 Å². The molecule has 0 atom stereocenters. The average Bonchev–Trinajstić information content (AvgIpc) is 2.54. The van der Waals surface area contributed by atoms with Crippen LogP contribution in [0.5, 0.6) is 17.2 Å². The molecule has 3 rings (SSSR count). The van der Waals surface area contributed by atoms with Crippen LogP contribution in [-0.4, -0.2) is 20.3 Å². The predicted octanol–water partition coefficient (Wildman–Crippen LogP) is 2.44. The van der Waals surface area contributed by atoms with Gasteiger partial charge in [-0.25, -0.2) is 0 Å². The molecule has 4 nitrogen and oxygen atoms in total. The molecule has 80 valence electrons. The van der Waals surface area contributed by atoms with E-state index in [0.29, 0.717) is 10.9 Å². The van der Waals surface area contributed by atoms with E-state index in [2.05, 4.69) is 4.98 Å². The van der Waals surface area contributed by atoms with Gasteiger partial charge < -0.3 is 20.3 Å². The lowest BCUT2D eigenvalue weighted by atomic mass is 10.1. The Labute approximate surface area is 90.4 Å². The average molecular weight is 215 g/mol. The summed E-state index contributed by atoms with van der Waals surface area (Å²) in [6, 6.07) is 7.67. The monoisotopic (exact) mass is 215 g/mol. The van der Waals surface area contributed by atoms with Crippen LogP contribution in [0.4, 0.5) is 0 Å². The van der Waals surface area contributed by atoms with Crippen molar-refractivity contribution in [3.05, 3.63) is 30.3 Å². The molecule has 16 heavy (non-hydrogen) atoms. The summed E-state index contributed by atoms with van der Waals surface area (Å²) in [5, 5.41) is 29.9. The van der Waals surface area contributed by atoms with Gasteiger partial charge in [-0.3, -0.25) is 0 Å². The molecule has 1 aromatic heterocycles. The van der Waals surface area contributed by atoms with Crippen molar-refractivity contribution >= 4 is 21.8 Å². The van der Waals surface area contributed by atoms with Gasteiger partial charge in [-0.05, 0) is 18.2 Å². The Morgan fingerprint density at radius 2 is 1.62 bits per heavy atom. The highest BCUT2D eigenvalue weighted by molar-refractivity contribution is 6.11. The molecular weight excluding hydrogens is 206 g/mol. The molecule has 0 bridgehead atoms. The molecule has 4 N–H and O–H groups in total. The maximum absolute atomic E-state index is 9.77.